The van der Waals surface area contributed by atoms with Crippen LogP contribution in [0.2, 0.25) is 0 Å². The van der Waals surface area contributed by atoms with E-state index in [4.69, 9.17) is 31.0 Å². The van der Waals surface area contributed by atoms with E-state index in [-0.39, 0.29) is 11.7 Å². The van der Waals surface area contributed by atoms with Crippen LogP contribution in [0.1, 0.15) is 22.9 Å². The van der Waals surface area contributed by atoms with Crippen LogP contribution in [-0.2, 0) is 4.74 Å². The van der Waals surface area contributed by atoms with Crippen LogP contribution in [0, 0.1) is 11.3 Å². The fourth-order valence-corrected chi connectivity index (χ4v) is 3.69. The van der Waals surface area contributed by atoms with Crippen molar-refractivity contribution in [2.45, 2.75) is 6.42 Å². The minimum Gasteiger partial charge on any atom is -0.491 e. The van der Waals surface area contributed by atoms with Crippen LogP contribution >= 0.6 is 11.6 Å². The molecule has 2 aromatic heterocycles. The van der Waals surface area contributed by atoms with Crippen molar-refractivity contribution in [3.8, 4) is 28.4 Å². The summed E-state index contributed by atoms with van der Waals surface area (Å²) in [4.78, 5) is 22.2. The summed E-state index contributed by atoms with van der Waals surface area (Å²) in [6, 6.07) is 5.43. The lowest BCUT2D eigenvalue weighted by molar-refractivity contribution is 0.108. The molecule has 3 N–H and O–H groups in total. The van der Waals surface area contributed by atoms with Gasteiger partial charge in [0.1, 0.15) is 18.2 Å². The lowest BCUT2D eigenvalue weighted by Crippen LogP contribution is -2.17. The monoisotopic (exact) mass is 524 g/mol. The molecule has 194 valence electrons. The van der Waals surface area contributed by atoms with E-state index in [1.165, 1.54) is 6.21 Å². The van der Waals surface area contributed by atoms with Gasteiger partial charge in [-0.2, -0.15) is 4.98 Å². The molecule has 1 unspecified atom stereocenters. The molecular formula is C26H29ClN6O4. The number of H-pyrrole nitrogens is 1. The Kier molecular flexibility index (Phi) is 11.0. The Morgan fingerprint density at radius 1 is 1.30 bits per heavy atom. The van der Waals surface area contributed by atoms with Crippen LogP contribution in [0.15, 0.2) is 58.3 Å². The number of nitrogens with one attached hydrogen (secondary N) is 3. The molecule has 0 aliphatic heterocycles. The number of imidazole rings is 1. The minimum atomic E-state index is -0.0992. The molecule has 11 heteroatoms. The molecule has 0 saturated heterocycles. The van der Waals surface area contributed by atoms with Gasteiger partial charge in [0.15, 0.2) is 0 Å². The fourth-order valence-electron chi connectivity index (χ4n) is 3.42. The van der Waals surface area contributed by atoms with Crippen molar-refractivity contribution >= 4 is 30.2 Å². The Bertz CT molecular complexity index is 1260. The number of hydrogen-bond acceptors (Lipinski definition) is 9. The summed E-state index contributed by atoms with van der Waals surface area (Å²) < 4.78 is 15.6. The lowest BCUT2D eigenvalue weighted by Gasteiger charge is -2.13. The number of carbonyl (C=O) groups excluding carboxylic acids is 1. The number of aromatic nitrogens is 4. The van der Waals surface area contributed by atoms with Gasteiger partial charge >= 0.3 is 0 Å². The normalized spacial score (nSPS) is 14.7. The van der Waals surface area contributed by atoms with Gasteiger partial charge in [-0.3, -0.25) is 4.79 Å². The maximum Gasteiger partial charge on any atom is 0.291 e. The Hall–Kier alpha value is -3.86. The predicted octanol–water partition coefficient (Wildman–Crippen LogP) is 4.53. The number of rotatable bonds is 11. The second kappa shape index (κ2) is 14.6. The van der Waals surface area contributed by atoms with Crippen LogP contribution in [-0.4, -0.2) is 66.5 Å². The smallest absolute Gasteiger partial charge is 0.291 e. The number of methoxy groups -OCH3 is 1. The zero-order valence-corrected chi connectivity index (χ0v) is 21.4. The molecular weight excluding hydrogens is 496 g/mol. The van der Waals surface area contributed by atoms with Gasteiger partial charge in [-0.05, 0) is 55.8 Å². The van der Waals surface area contributed by atoms with E-state index >= 15 is 0 Å². The number of ether oxygens (including phenoxy) is 2. The van der Waals surface area contributed by atoms with Gasteiger partial charge in [-0.1, -0.05) is 28.9 Å². The second-order valence-electron chi connectivity index (χ2n) is 7.89. The predicted molar refractivity (Wildman–Crippen MR) is 143 cm³/mol. The first-order valence-electron chi connectivity index (χ1n) is 11.5. The van der Waals surface area contributed by atoms with Crippen molar-refractivity contribution in [3.05, 3.63) is 65.4 Å². The summed E-state index contributed by atoms with van der Waals surface area (Å²) in [5, 5.41) is 14.9. The topological polar surface area (TPSA) is 139 Å². The zero-order chi connectivity index (χ0) is 26.5. The summed E-state index contributed by atoms with van der Waals surface area (Å²) in [7, 11) is 3.56. The summed E-state index contributed by atoms with van der Waals surface area (Å²) in [6.45, 7) is 1.84. The van der Waals surface area contributed by atoms with Gasteiger partial charge in [0.05, 0.1) is 18.5 Å². The number of aromatic amines is 1. The maximum atomic E-state index is 10.8. The molecule has 1 aliphatic carbocycles. The maximum absolute atomic E-state index is 10.8. The largest absolute Gasteiger partial charge is 0.491 e. The van der Waals surface area contributed by atoms with Gasteiger partial charge < -0.3 is 29.7 Å². The van der Waals surface area contributed by atoms with E-state index in [2.05, 4.69) is 31.5 Å². The number of aldehydes is 1. The Morgan fingerprint density at radius 2 is 2.14 bits per heavy atom. The molecule has 1 atom stereocenters. The molecule has 2 heterocycles. The van der Waals surface area contributed by atoms with Gasteiger partial charge in [0.2, 0.25) is 12.1 Å². The second-order valence-corrected chi connectivity index (χ2v) is 8.38. The zero-order valence-electron chi connectivity index (χ0n) is 20.6. The third-order valence-electron chi connectivity index (χ3n) is 5.10. The highest BCUT2D eigenvalue weighted by atomic mass is 35.5. The fraction of sp³-hybridized carbons (Fsp3) is 0.269. The average molecular weight is 525 g/mol. The van der Waals surface area contributed by atoms with Crippen molar-refractivity contribution in [1.82, 2.24) is 25.4 Å². The SMILES string of the molecule is CNCC1C=CC=C(Cl)C1.COCCOc1cc(-c2noc(C=O)n2)cc(-c2cnc(/C=C\C=N)[nH]2)c1. The molecule has 10 nitrogen and oxygen atoms in total. The molecule has 37 heavy (non-hydrogen) atoms. The molecule has 0 radical (unpaired) electrons. The third kappa shape index (κ3) is 8.64. The molecule has 1 aromatic carbocycles. The number of nitrogens with zero attached hydrogens (tertiary/aromatic N) is 3. The molecule has 0 spiro atoms. The number of halogens is 1. The molecule has 4 rings (SSSR count). The van der Waals surface area contributed by atoms with E-state index < -0.39 is 0 Å². The molecule has 0 amide bonds. The van der Waals surface area contributed by atoms with Crippen LogP contribution in [0.3, 0.4) is 0 Å². The summed E-state index contributed by atoms with van der Waals surface area (Å²) in [5.74, 6) is 1.96. The molecule has 0 bridgehead atoms. The first kappa shape index (κ1) is 27.7. The van der Waals surface area contributed by atoms with Crippen LogP contribution in [0.5, 0.6) is 5.75 Å². The number of benzene rings is 1. The van der Waals surface area contributed by atoms with Crippen molar-refractivity contribution in [1.29, 1.82) is 5.41 Å². The van der Waals surface area contributed by atoms with E-state index in [1.807, 2.05) is 31.3 Å². The highest BCUT2D eigenvalue weighted by Gasteiger charge is 2.13. The summed E-state index contributed by atoms with van der Waals surface area (Å²) in [5.41, 5.74) is 2.17. The number of carbonyl (C=O) groups is 1. The highest BCUT2D eigenvalue weighted by Crippen LogP contribution is 2.30. The summed E-state index contributed by atoms with van der Waals surface area (Å²) >= 11 is 5.83. The first-order chi connectivity index (χ1) is 18.1. The molecule has 0 saturated carbocycles. The molecule has 3 aromatic rings. The average Bonchev–Trinajstić information content (AvgIpc) is 3.58. The van der Waals surface area contributed by atoms with Crippen LogP contribution in [0.4, 0.5) is 0 Å². The summed E-state index contributed by atoms with van der Waals surface area (Å²) in [6.07, 6.45) is 13.7. The Morgan fingerprint density at radius 3 is 2.84 bits per heavy atom. The highest BCUT2D eigenvalue weighted by molar-refractivity contribution is 6.29. The quantitative estimate of drug-likeness (QED) is 0.189. The minimum absolute atomic E-state index is 0.0992. The first-order valence-corrected chi connectivity index (χ1v) is 11.9. The van der Waals surface area contributed by atoms with Crippen molar-refractivity contribution < 1.29 is 18.8 Å². The van der Waals surface area contributed by atoms with Crippen molar-refractivity contribution in [2.24, 2.45) is 5.92 Å². The van der Waals surface area contributed by atoms with Crippen LogP contribution in [0.25, 0.3) is 28.7 Å². The third-order valence-corrected chi connectivity index (χ3v) is 5.38. The number of hydrogen-bond donors (Lipinski definition) is 3. The van der Waals surface area contributed by atoms with Gasteiger partial charge in [0, 0.05) is 36.0 Å². The van der Waals surface area contributed by atoms with Crippen molar-refractivity contribution in [2.75, 3.05) is 33.9 Å². The van der Waals surface area contributed by atoms with E-state index in [0.29, 0.717) is 42.6 Å². The van der Waals surface area contributed by atoms with Gasteiger partial charge in [0.25, 0.3) is 5.89 Å². The standard InChI is InChI=1S/C18H17N5O4.C8H12ClN/c1-25-5-6-26-14-8-12(15-10-20-16(21-15)3-2-4-19)7-13(9-14)18-22-17(11-24)27-23-18;1-10-6-7-3-2-4-8(9)5-7/h2-4,7-11,19H,5-6H2,1H3,(H,20,21);2-4,7,10H,5-6H2,1H3/b3-2-,19-4?;. The molecule has 1 aliphatic rings. The van der Waals surface area contributed by atoms with E-state index in [9.17, 15) is 4.79 Å². The van der Waals surface area contributed by atoms with Gasteiger partial charge in [-0.15, -0.1) is 0 Å². The van der Waals surface area contributed by atoms with Crippen molar-refractivity contribution in [3.63, 3.8) is 0 Å². The lowest BCUT2D eigenvalue weighted by atomic mass is 10.0. The van der Waals surface area contributed by atoms with E-state index in [0.717, 1.165) is 29.3 Å². The van der Waals surface area contributed by atoms with E-state index in [1.54, 1.807) is 31.5 Å². The van der Waals surface area contributed by atoms with Gasteiger partial charge in [-0.25, -0.2) is 4.98 Å². The Labute approximate surface area is 219 Å². The van der Waals surface area contributed by atoms with Crippen LogP contribution < -0.4 is 10.1 Å². The number of allylic oxidation sites excluding steroid dienone is 4. The Balaban J connectivity index is 0.000000319. The molecule has 0 fully saturated rings.